The van der Waals surface area contributed by atoms with Gasteiger partial charge in [0.1, 0.15) is 5.75 Å². The molecular weight excluding hydrogens is 354 g/mol. The lowest BCUT2D eigenvalue weighted by Gasteiger charge is -2.11. The Hall–Kier alpha value is -3.67. The number of aromatic nitrogens is 1. The summed E-state index contributed by atoms with van der Waals surface area (Å²) in [5.41, 5.74) is 3.24. The number of anilines is 2. The zero-order chi connectivity index (χ0) is 19.9. The molecule has 142 valence electrons. The number of methoxy groups -OCH3 is 1. The molecule has 0 aliphatic heterocycles. The Morgan fingerprint density at radius 3 is 2.54 bits per heavy atom. The average Bonchev–Trinajstić information content (AvgIpc) is 2.72. The first-order valence-corrected chi connectivity index (χ1v) is 8.80. The number of rotatable bonds is 7. The lowest BCUT2D eigenvalue weighted by molar-refractivity contribution is 0.101. The summed E-state index contributed by atoms with van der Waals surface area (Å²) in [7, 11) is 1.63. The third kappa shape index (κ3) is 4.73. The van der Waals surface area contributed by atoms with E-state index in [-0.39, 0.29) is 11.7 Å². The molecule has 3 aromatic rings. The van der Waals surface area contributed by atoms with Gasteiger partial charge in [0.15, 0.2) is 5.78 Å². The van der Waals surface area contributed by atoms with Gasteiger partial charge in [-0.25, -0.2) is 0 Å². The number of amides is 1. The van der Waals surface area contributed by atoms with E-state index < -0.39 is 0 Å². The minimum Gasteiger partial charge on any atom is -0.496 e. The van der Waals surface area contributed by atoms with E-state index in [1.54, 1.807) is 43.6 Å². The third-order valence-corrected chi connectivity index (χ3v) is 4.20. The average molecular weight is 375 g/mol. The minimum atomic E-state index is -0.297. The van der Waals surface area contributed by atoms with E-state index in [0.717, 1.165) is 17.0 Å². The van der Waals surface area contributed by atoms with Crippen molar-refractivity contribution in [3.63, 3.8) is 0 Å². The molecule has 0 fully saturated rings. The molecule has 0 radical (unpaired) electrons. The molecule has 3 rings (SSSR count). The van der Waals surface area contributed by atoms with Crippen molar-refractivity contribution in [2.75, 3.05) is 17.7 Å². The summed E-state index contributed by atoms with van der Waals surface area (Å²) in [5.74, 6) is 0.441. The molecule has 1 amide bonds. The molecule has 6 nitrogen and oxygen atoms in total. The third-order valence-electron chi connectivity index (χ3n) is 4.20. The van der Waals surface area contributed by atoms with Gasteiger partial charge < -0.3 is 15.4 Å². The quantitative estimate of drug-likeness (QED) is 0.606. The standard InChI is InChI=1S/C22H21N3O3/c1-15(26)16-7-5-8-19(10-16)25-22(27)18-11-20(14-23-12-18)24-13-17-6-3-4-9-21(17)28-2/h3-12,14,24H,13H2,1-2H3,(H,25,27). The van der Waals surface area contributed by atoms with Gasteiger partial charge in [-0.15, -0.1) is 0 Å². The molecule has 2 N–H and O–H groups in total. The van der Waals surface area contributed by atoms with E-state index in [0.29, 0.717) is 23.4 Å². The minimum absolute atomic E-state index is 0.0553. The van der Waals surface area contributed by atoms with Crippen molar-refractivity contribution in [3.05, 3.63) is 83.7 Å². The molecule has 1 heterocycles. The maximum atomic E-state index is 12.5. The summed E-state index contributed by atoms with van der Waals surface area (Å²) < 4.78 is 5.34. The van der Waals surface area contributed by atoms with Crippen molar-refractivity contribution in [1.29, 1.82) is 0 Å². The second-order valence-electron chi connectivity index (χ2n) is 6.22. The Labute approximate surface area is 163 Å². The van der Waals surface area contributed by atoms with Crippen molar-refractivity contribution >= 4 is 23.1 Å². The summed E-state index contributed by atoms with van der Waals surface area (Å²) >= 11 is 0. The lowest BCUT2D eigenvalue weighted by atomic mass is 10.1. The SMILES string of the molecule is COc1ccccc1CNc1cncc(C(=O)Nc2cccc(C(C)=O)c2)c1. The van der Waals surface area contributed by atoms with Crippen LogP contribution >= 0.6 is 0 Å². The van der Waals surface area contributed by atoms with Crippen molar-refractivity contribution in [1.82, 2.24) is 4.98 Å². The molecule has 0 aliphatic carbocycles. The van der Waals surface area contributed by atoms with Crippen LogP contribution in [0.1, 0.15) is 33.2 Å². The fourth-order valence-corrected chi connectivity index (χ4v) is 2.73. The fraction of sp³-hybridized carbons (Fsp3) is 0.136. The molecule has 1 aromatic heterocycles. The molecule has 0 bridgehead atoms. The first-order valence-electron chi connectivity index (χ1n) is 8.80. The largest absolute Gasteiger partial charge is 0.496 e. The highest BCUT2D eigenvalue weighted by molar-refractivity contribution is 6.05. The summed E-state index contributed by atoms with van der Waals surface area (Å²) in [4.78, 5) is 28.2. The van der Waals surface area contributed by atoms with Crippen LogP contribution in [0.5, 0.6) is 5.75 Å². The van der Waals surface area contributed by atoms with E-state index in [1.165, 1.54) is 13.1 Å². The monoisotopic (exact) mass is 375 g/mol. The smallest absolute Gasteiger partial charge is 0.257 e. The number of para-hydroxylation sites is 1. The number of carbonyl (C=O) groups excluding carboxylic acids is 2. The molecule has 0 saturated heterocycles. The van der Waals surface area contributed by atoms with Crippen LogP contribution in [0.4, 0.5) is 11.4 Å². The second-order valence-corrected chi connectivity index (χ2v) is 6.22. The molecule has 6 heteroatoms. The van der Waals surface area contributed by atoms with E-state index in [2.05, 4.69) is 15.6 Å². The topological polar surface area (TPSA) is 80.3 Å². The van der Waals surface area contributed by atoms with Gasteiger partial charge in [-0.2, -0.15) is 0 Å². The number of nitrogens with one attached hydrogen (secondary N) is 2. The molecule has 0 unspecified atom stereocenters. The maximum Gasteiger partial charge on any atom is 0.257 e. The highest BCUT2D eigenvalue weighted by atomic mass is 16.5. The molecule has 0 aliphatic rings. The molecular formula is C22H21N3O3. The molecule has 0 spiro atoms. The Morgan fingerprint density at radius 1 is 0.964 bits per heavy atom. The predicted octanol–water partition coefficient (Wildman–Crippen LogP) is 4.16. The number of nitrogens with zero attached hydrogens (tertiary/aromatic N) is 1. The first kappa shape index (κ1) is 19.1. The van der Waals surface area contributed by atoms with Gasteiger partial charge in [-0.3, -0.25) is 14.6 Å². The fourth-order valence-electron chi connectivity index (χ4n) is 2.73. The van der Waals surface area contributed by atoms with E-state index in [9.17, 15) is 9.59 Å². The summed E-state index contributed by atoms with van der Waals surface area (Å²) in [5, 5.41) is 6.05. The van der Waals surface area contributed by atoms with Crippen molar-refractivity contribution in [2.45, 2.75) is 13.5 Å². The van der Waals surface area contributed by atoms with E-state index in [4.69, 9.17) is 4.74 Å². The second kappa shape index (κ2) is 8.81. The van der Waals surface area contributed by atoms with Gasteiger partial charge in [-0.1, -0.05) is 30.3 Å². The summed E-state index contributed by atoms with van der Waals surface area (Å²) in [6, 6.07) is 16.3. The van der Waals surface area contributed by atoms with Crippen molar-refractivity contribution in [3.8, 4) is 5.75 Å². The van der Waals surface area contributed by atoms with Gasteiger partial charge in [0.2, 0.25) is 0 Å². The van der Waals surface area contributed by atoms with Crippen molar-refractivity contribution < 1.29 is 14.3 Å². The number of Topliss-reactive ketones (excluding diaryl/α,β-unsaturated/α-hetero) is 1. The summed E-state index contributed by atoms with van der Waals surface area (Å²) in [6.45, 7) is 2.03. The number of ether oxygens (including phenoxy) is 1. The Morgan fingerprint density at radius 2 is 1.75 bits per heavy atom. The molecule has 28 heavy (non-hydrogen) atoms. The predicted molar refractivity (Wildman–Crippen MR) is 109 cm³/mol. The van der Waals surface area contributed by atoms with E-state index >= 15 is 0 Å². The zero-order valence-corrected chi connectivity index (χ0v) is 15.7. The van der Waals surface area contributed by atoms with Gasteiger partial charge in [-0.05, 0) is 31.2 Å². The molecule has 0 saturated carbocycles. The van der Waals surface area contributed by atoms with Crippen LogP contribution in [0.25, 0.3) is 0 Å². The van der Waals surface area contributed by atoms with Gasteiger partial charge in [0.25, 0.3) is 5.91 Å². The Kier molecular flexibility index (Phi) is 6.01. The lowest BCUT2D eigenvalue weighted by Crippen LogP contribution is -2.13. The Balaban J connectivity index is 1.69. The van der Waals surface area contributed by atoms with Crippen LogP contribution in [-0.2, 0) is 6.54 Å². The summed E-state index contributed by atoms with van der Waals surface area (Å²) in [6.07, 6.45) is 3.15. The van der Waals surface area contributed by atoms with Gasteiger partial charge >= 0.3 is 0 Å². The van der Waals surface area contributed by atoms with Crippen LogP contribution in [0.3, 0.4) is 0 Å². The maximum absolute atomic E-state index is 12.5. The first-order chi connectivity index (χ1) is 13.6. The van der Waals surface area contributed by atoms with Crippen LogP contribution in [0.15, 0.2) is 67.0 Å². The van der Waals surface area contributed by atoms with Crippen LogP contribution < -0.4 is 15.4 Å². The number of hydrogen-bond acceptors (Lipinski definition) is 5. The van der Waals surface area contributed by atoms with Crippen LogP contribution in [-0.4, -0.2) is 23.8 Å². The number of hydrogen-bond donors (Lipinski definition) is 2. The molecule has 0 atom stereocenters. The number of pyridine rings is 1. The molecule has 2 aromatic carbocycles. The van der Waals surface area contributed by atoms with Crippen LogP contribution in [0.2, 0.25) is 0 Å². The van der Waals surface area contributed by atoms with Crippen molar-refractivity contribution in [2.24, 2.45) is 0 Å². The van der Waals surface area contributed by atoms with Crippen LogP contribution in [0, 0.1) is 0 Å². The number of benzene rings is 2. The Bertz CT molecular complexity index is 1000. The zero-order valence-electron chi connectivity index (χ0n) is 15.7. The van der Waals surface area contributed by atoms with Gasteiger partial charge in [0, 0.05) is 35.8 Å². The normalized spacial score (nSPS) is 10.2. The number of ketones is 1. The van der Waals surface area contributed by atoms with E-state index in [1.807, 2.05) is 24.3 Å². The highest BCUT2D eigenvalue weighted by Crippen LogP contribution is 2.19. The highest BCUT2D eigenvalue weighted by Gasteiger charge is 2.09. The van der Waals surface area contributed by atoms with Gasteiger partial charge in [0.05, 0.1) is 18.4 Å². The number of carbonyl (C=O) groups is 2.